The number of alkyl halides is 3. The van der Waals surface area contributed by atoms with E-state index in [1.807, 2.05) is 0 Å². The SMILES string of the molecule is O=c1ccn([C@@H]2O[C@@](CO)(CCl)[C@@H](O)[C@]2(F)Cl)c(NO)n1. The molecule has 1 aromatic rings. The zero-order valence-corrected chi connectivity index (χ0v) is 11.9. The summed E-state index contributed by atoms with van der Waals surface area (Å²) >= 11 is 11.3. The van der Waals surface area contributed by atoms with Crippen LogP contribution in [0, 0.1) is 0 Å². The van der Waals surface area contributed by atoms with Gasteiger partial charge in [-0.2, -0.15) is 4.98 Å². The summed E-state index contributed by atoms with van der Waals surface area (Å²) in [7, 11) is 0. The maximum absolute atomic E-state index is 14.6. The van der Waals surface area contributed by atoms with Crippen LogP contribution in [0.4, 0.5) is 10.3 Å². The Morgan fingerprint density at radius 1 is 1.62 bits per heavy atom. The first kappa shape index (κ1) is 16.4. The topological polar surface area (TPSA) is 117 Å². The van der Waals surface area contributed by atoms with E-state index >= 15 is 0 Å². The second-order valence-corrected chi connectivity index (χ2v) is 5.36. The van der Waals surface area contributed by atoms with Crippen LogP contribution in [0.15, 0.2) is 17.1 Å². The lowest BCUT2D eigenvalue weighted by atomic mass is 9.98. The number of nitrogens with one attached hydrogen (secondary N) is 1. The molecule has 21 heavy (non-hydrogen) atoms. The van der Waals surface area contributed by atoms with Gasteiger partial charge in [-0.05, 0) is 0 Å². The molecule has 0 aromatic carbocycles. The van der Waals surface area contributed by atoms with E-state index in [2.05, 4.69) is 4.98 Å². The van der Waals surface area contributed by atoms with Crippen LogP contribution in [0.3, 0.4) is 0 Å². The van der Waals surface area contributed by atoms with E-state index in [0.29, 0.717) is 0 Å². The van der Waals surface area contributed by atoms with Crippen LogP contribution in [0.25, 0.3) is 0 Å². The Balaban J connectivity index is 2.52. The van der Waals surface area contributed by atoms with E-state index in [1.165, 1.54) is 0 Å². The average molecular weight is 344 g/mol. The van der Waals surface area contributed by atoms with E-state index in [0.717, 1.165) is 16.8 Å². The highest BCUT2D eigenvalue weighted by atomic mass is 35.5. The molecule has 8 nitrogen and oxygen atoms in total. The van der Waals surface area contributed by atoms with Crippen LogP contribution in [-0.4, -0.2) is 54.3 Å². The van der Waals surface area contributed by atoms with Crippen molar-refractivity contribution in [3.8, 4) is 0 Å². The summed E-state index contributed by atoms with van der Waals surface area (Å²) in [4.78, 5) is 14.5. The Bertz CT molecular complexity index is 580. The molecule has 2 heterocycles. The Morgan fingerprint density at radius 2 is 2.29 bits per heavy atom. The number of hydrogen-bond donors (Lipinski definition) is 4. The number of nitrogens with zero attached hydrogens (tertiary/aromatic N) is 2. The number of aliphatic hydroxyl groups is 2. The van der Waals surface area contributed by atoms with Gasteiger partial charge in [0.25, 0.3) is 10.7 Å². The highest BCUT2D eigenvalue weighted by molar-refractivity contribution is 6.24. The Hall–Kier alpha value is -0.970. The maximum atomic E-state index is 14.6. The third-order valence-corrected chi connectivity index (χ3v) is 4.07. The number of aliphatic hydroxyl groups excluding tert-OH is 2. The fourth-order valence-corrected chi connectivity index (χ4v) is 2.69. The third kappa shape index (κ3) is 2.50. The van der Waals surface area contributed by atoms with Crippen LogP contribution in [0.1, 0.15) is 6.23 Å². The van der Waals surface area contributed by atoms with Crippen LogP contribution < -0.4 is 11.0 Å². The van der Waals surface area contributed by atoms with Gasteiger partial charge >= 0.3 is 0 Å². The molecule has 0 unspecified atom stereocenters. The van der Waals surface area contributed by atoms with Gasteiger partial charge < -0.3 is 14.9 Å². The quantitative estimate of drug-likeness (QED) is 0.442. The summed E-state index contributed by atoms with van der Waals surface area (Å²) in [6.07, 6.45) is -2.59. The Kier molecular flexibility index (Phi) is 4.43. The van der Waals surface area contributed by atoms with Gasteiger partial charge in [-0.15, -0.1) is 11.6 Å². The van der Waals surface area contributed by atoms with Crippen molar-refractivity contribution in [3.05, 3.63) is 22.6 Å². The standard InChI is InChI=1S/C10H12Cl2FN3O5/c11-3-9(4-17)6(19)10(12,13)7(21-9)16-2-1-5(18)14-8(16)15-20/h1-2,6-7,17,19-20H,3-4H2,(H,14,15,18)/t6-,7-,9-,10-/m1/s1. The molecule has 1 aromatic heterocycles. The Labute approximate surface area is 127 Å². The van der Waals surface area contributed by atoms with Crippen molar-refractivity contribution < 1.29 is 24.5 Å². The van der Waals surface area contributed by atoms with E-state index in [4.69, 9.17) is 33.1 Å². The molecule has 1 aliphatic heterocycles. The van der Waals surface area contributed by atoms with Gasteiger partial charge in [0, 0.05) is 12.3 Å². The summed E-state index contributed by atoms with van der Waals surface area (Å²) < 4.78 is 20.8. The van der Waals surface area contributed by atoms with Crippen molar-refractivity contribution in [1.82, 2.24) is 9.55 Å². The van der Waals surface area contributed by atoms with Gasteiger partial charge in [-0.25, -0.2) is 9.87 Å². The van der Waals surface area contributed by atoms with Gasteiger partial charge in [0.05, 0.1) is 12.5 Å². The first-order chi connectivity index (χ1) is 9.82. The van der Waals surface area contributed by atoms with Crippen LogP contribution in [0.2, 0.25) is 0 Å². The van der Waals surface area contributed by atoms with Crippen molar-refractivity contribution in [2.75, 3.05) is 18.0 Å². The number of rotatable bonds is 4. The minimum Gasteiger partial charge on any atom is -0.393 e. The molecule has 0 amide bonds. The summed E-state index contributed by atoms with van der Waals surface area (Å²) in [5.74, 6) is -0.889. The molecule has 0 spiro atoms. The molecule has 0 bridgehead atoms. The number of halogens is 3. The molecule has 0 saturated carbocycles. The van der Waals surface area contributed by atoms with Crippen molar-refractivity contribution in [1.29, 1.82) is 0 Å². The lowest BCUT2D eigenvalue weighted by Gasteiger charge is -2.27. The molecule has 0 radical (unpaired) electrons. The number of anilines is 1. The molecule has 118 valence electrons. The lowest BCUT2D eigenvalue weighted by Crippen LogP contribution is -2.49. The summed E-state index contributed by atoms with van der Waals surface area (Å²) in [5, 5.41) is 25.4. The minimum absolute atomic E-state index is 0.435. The van der Waals surface area contributed by atoms with Crippen LogP contribution in [-0.2, 0) is 4.74 Å². The molecule has 1 fully saturated rings. The third-order valence-electron chi connectivity index (χ3n) is 3.22. The predicted octanol–water partition coefficient (Wildman–Crippen LogP) is -0.191. The Morgan fingerprint density at radius 3 is 2.76 bits per heavy atom. The molecule has 2 rings (SSSR count). The monoisotopic (exact) mass is 343 g/mol. The number of ether oxygens (including phenoxy) is 1. The van der Waals surface area contributed by atoms with E-state index in [-0.39, 0.29) is 0 Å². The molecule has 0 aliphatic carbocycles. The highest BCUT2D eigenvalue weighted by Crippen LogP contribution is 2.50. The first-order valence-electron chi connectivity index (χ1n) is 5.72. The van der Waals surface area contributed by atoms with E-state index < -0.39 is 47.1 Å². The van der Waals surface area contributed by atoms with E-state index in [9.17, 15) is 19.4 Å². The number of aromatic nitrogens is 2. The normalized spacial score (nSPS) is 35.9. The molecular formula is C10H12Cl2FN3O5. The molecule has 11 heteroatoms. The van der Waals surface area contributed by atoms with Gasteiger partial charge in [0.15, 0.2) is 6.23 Å². The largest absolute Gasteiger partial charge is 0.393 e. The second-order valence-electron chi connectivity index (χ2n) is 4.51. The molecule has 1 aliphatic rings. The minimum atomic E-state index is -2.88. The maximum Gasteiger partial charge on any atom is 0.274 e. The zero-order chi connectivity index (χ0) is 15.8. The predicted molar refractivity (Wildman–Crippen MR) is 70.3 cm³/mol. The smallest absolute Gasteiger partial charge is 0.274 e. The van der Waals surface area contributed by atoms with Crippen molar-refractivity contribution in [2.24, 2.45) is 0 Å². The highest BCUT2D eigenvalue weighted by Gasteiger charge is 2.64. The molecular weight excluding hydrogens is 332 g/mol. The summed E-state index contributed by atoms with van der Waals surface area (Å²) in [6.45, 7) is -0.790. The fourth-order valence-electron chi connectivity index (χ4n) is 2.05. The van der Waals surface area contributed by atoms with Crippen LogP contribution in [0.5, 0.6) is 0 Å². The second kappa shape index (κ2) is 5.67. The zero-order valence-electron chi connectivity index (χ0n) is 10.4. The first-order valence-corrected chi connectivity index (χ1v) is 6.63. The number of hydrogen-bond acceptors (Lipinski definition) is 7. The lowest BCUT2D eigenvalue weighted by molar-refractivity contribution is -0.114. The van der Waals surface area contributed by atoms with E-state index in [1.54, 1.807) is 5.48 Å². The van der Waals surface area contributed by atoms with Gasteiger partial charge in [-0.1, -0.05) is 11.6 Å². The molecule has 4 atom stereocenters. The van der Waals surface area contributed by atoms with Gasteiger partial charge in [-0.3, -0.25) is 14.6 Å². The molecule has 1 saturated heterocycles. The average Bonchev–Trinajstić information content (AvgIpc) is 2.68. The van der Waals surface area contributed by atoms with Crippen molar-refractivity contribution in [2.45, 2.75) is 23.1 Å². The van der Waals surface area contributed by atoms with Crippen LogP contribution >= 0.6 is 23.2 Å². The summed E-state index contributed by atoms with van der Waals surface area (Å²) in [5.41, 5.74) is -0.939. The van der Waals surface area contributed by atoms with Crippen molar-refractivity contribution in [3.63, 3.8) is 0 Å². The molecule has 4 N–H and O–H groups in total. The van der Waals surface area contributed by atoms with Crippen molar-refractivity contribution >= 4 is 29.2 Å². The fraction of sp³-hybridized carbons (Fsp3) is 0.600. The summed E-state index contributed by atoms with van der Waals surface area (Å²) in [6, 6.07) is 0.975. The van der Waals surface area contributed by atoms with Gasteiger partial charge in [0.2, 0.25) is 5.95 Å². The van der Waals surface area contributed by atoms with Gasteiger partial charge in [0.1, 0.15) is 11.7 Å².